The van der Waals surface area contributed by atoms with Gasteiger partial charge in [-0.3, -0.25) is 0 Å². The fourth-order valence-corrected chi connectivity index (χ4v) is 2.08. The van der Waals surface area contributed by atoms with Gasteiger partial charge in [-0.1, -0.05) is 30.3 Å². The zero-order valence-electron chi connectivity index (χ0n) is 9.11. The third-order valence-electron chi connectivity index (χ3n) is 2.83. The zero-order chi connectivity index (χ0) is 12.0. The fraction of sp³-hybridized carbons (Fsp3) is 0.0833. The van der Waals surface area contributed by atoms with Crippen molar-refractivity contribution in [2.45, 2.75) is 6.92 Å². The average molecular weight is 234 g/mol. The molecule has 5 heteroatoms. The van der Waals surface area contributed by atoms with E-state index in [-0.39, 0.29) is 11.5 Å². The number of benzene rings is 2. The highest BCUT2D eigenvalue weighted by molar-refractivity contribution is 6.52. The molecule has 17 heavy (non-hydrogen) atoms. The first-order valence-corrected chi connectivity index (χ1v) is 5.30. The van der Waals surface area contributed by atoms with Crippen molar-refractivity contribution in [3.8, 4) is 5.75 Å². The largest absolute Gasteiger partial charge is 0.994 e. The minimum Gasteiger partial charge on any atom is -0.568 e. The van der Waals surface area contributed by atoms with Crippen molar-refractivity contribution < 1.29 is 17.6 Å². The van der Waals surface area contributed by atoms with E-state index < -0.39 is 7.11 Å². The van der Waals surface area contributed by atoms with Crippen LogP contribution in [0.2, 0.25) is 0 Å². The Bertz CT molecular complexity index is 637. The lowest BCUT2D eigenvalue weighted by atomic mass is 9.99. The molecular weight excluding hydrogens is 225 g/mol. The summed E-state index contributed by atoms with van der Waals surface area (Å²) >= 11 is 0. The Kier molecular flexibility index (Phi) is 1.99. The quantitative estimate of drug-likeness (QED) is 0.505. The zero-order valence-corrected chi connectivity index (χ0v) is 9.11. The molecule has 1 aliphatic heterocycles. The normalized spacial score (nSPS) is 17.2. The van der Waals surface area contributed by atoms with Gasteiger partial charge >= 0.3 is 7.11 Å². The first kappa shape index (κ1) is 10.3. The minimum absolute atomic E-state index is 0.196. The van der Waals surface area contributed by atoms with E-state index in [9.17, 15) is 8.63 Å². The van der Waals surface area contributed by atoms with Gasteiger partial charge in [0.2, 0.25) is 0 Å². The summed E-state index contributed by atoms with van der Waals surface area (Å²) in [6.07, 6.45) is 0. The van der Waals surface area contributed by atoms with Crippen LogP contribution in [0.5, 0.6) is 5.75 Å². The number of hydrogen-bond acceptors (Lipinski definition) is 1. The molecule has 0 aromatic heterocycles. The van der Waals surface area contributed by atoms with Gasteiger partial charge in [0.05, 0.1) is 0 Å². The molecule has 2 aromatic rings. The van der Waals surface area contributed by atoms with Crippen LogP contribution in [0.1, 0.15) is 16.8 Å². The number of rotatable bonds is 0. The van der Waals surface area contributed by atoms with Crippen LogP contribution in [0.25, 0.3) is 10.8 Å². The third-order valence-corrected chi connectivity index (χ3v) is 2.83. The predicted octanol–water partition coefficient (Wildman–Crippen LogP) is 3.35. The second-order valence-corrected chi connectivity index (χ2v) is 3.99. The van der Waals surface area contributed by atoms with Gasteiger partial charge in [0.15, 0.2) is 0 Å². The molecule has 0 atom stereocenters. The highest BCUT2D eigenvalue weighted by atomic mass is 19.3. The van der Waals surface area contributed by atoms with Crippen LogP contribution in [0, 0.1) is 0 Å². The average Bonchev–Trinajstić information content (AvgIpc) is 2.27. The first-order chi connectivity index (χ1) is 8.07. The van der Waals surface area contributed by atoms with E-state index in [1.165, 1.54) is 6.92 Å². The molecule has 1 heterocycles. The van der Waals surface area contributed by atoms with E-state index in [0.717, 1.165) is 5.39 Å². The molecule has 0 unspecified atom stereocenters. The predicted molar refractivity (Wildman–Crippen MR) is 62.6 cm³/mol. The molecule has 2 aromatic carbocycles. The summed E-state index contributed by atoms with van der Waals surface area (Å²) in [5.74, 6) is 0.402. The maximum Gasteiger partial charge on any atom is 0.994 e. The van der Waals surface area contributed by atoms with Crippen LogP contribution in [-0.2, 0) is 0 Å². The molecule has 0 spiro atoms. The fourth-order valence-electron chi connectivity index (χ4n) is 2.08. The molecule has 1 aliphatic rings. The molecule has 3 rings (SSSR count). The van der Waals surface area contributed by atoms with Crippen LogP contribution < -0.4 is 4.65 Å². The molecule has 0 amide bonds. The molecule has 0 bridgehead atoms. The van der Waals surface area contributed by atoms with Crippen molar-refractivity contribution in [3.05, 3.63) is 42.0 Å². The molecule has 0 N–H and O–H groups in total. The minimum atomic E-state index is -4.25. The second kappa shape index (κ2) is 3.29. The van der Waals surface area contributed by atoms with Crippen molar-refractivity contribution in [1.29, 1.82) is 0 Å². The van der Waals surface area contributed by atoms with Gasteiger partial charge in [0, 0.05) is 12.3 Å². The van der Waals surface area contributed by atoms with Crippen LogP contribution in [0.3, 0.4) is 0 Å². The van der Waals surface area contributed by atoms with Crippen molar-refractivity contribution in [3.63, 3.8) is 0 Å². The molecule has 0 saturated carbocycles. The Balaban J connectivity index is 2.35. The van der Waals surface area contributed by atoms with Gasteiger partial charge in [-0.25, -0.2) is 0 Å². The van der Waals surface area contributed by atoms with Crippen LogP contribution >= 0.6 is 0 Å². The maximum atomic E-state index is 13.3. The lowest BCUT2D eigenvalue weighted by Gasteiger charge is -2.21. The monoisotopic (exact) mass is 234 g/mol. The van der Waals surface area contributed by atoms with Crippen LogP contribution in [0.15, 0.2) is 36.4 Å². The number of hydrogen-bond donors (Lipinski definition) is 0. The molecular formula is C12H9BF2O2. The topological polar surface area (TPSA) is 20.5 Å². The van der Waals surface area contributed by atoms with E-state index in [1.807, 2.05) is 18.2 Å². The Morgan fingerprint density at radius 2 is 1.88 bits per heavy atom. The summed E-state index contributed by atoms with van der Waals surface area (Å²) in [6, 6.07) is 10.9. The van der Waals surface area contributed by atoms with E-state index >= 15 is 0 Å². The van der Waals surface area contributed by atoms with Crippen molar-refractivity contribution in [2.24, 2.45) is 0 Å². The molecule has 0 fully saturated rings. The summed E-state index contributed by atoms with van der Waals surface area (Å²) in [7, 11) is -4.25. The van der Waals surface area contributed by atoms with Gasteiger partial charge in [0.25, 0.3) is 5.78 Å². The van der Waals surface area contributed by atoms with Crippen LogP contribution in [-0.4, -0.2) is 12.9 Å². The molecule has 0 radical (unpaired) electrons. The van der Waals surface area contributed by atoms with Gasteiger partial charge < -0.3 is 17.6 Å². The van der Waals surface area contributed by atoms with E-state index in [2.05, 4.69) is 9.00 Å². The molecule has 0 saturated heterocycles. The lowest BCUT2D eigenvalue weighted by molar-refractivity contribution is -0.181. The highest BCUT2D eigenvalue weighted by Gasteiger charge is 2.53. The smallest absolute Gasteiger partial charge is 0.568 e. The lowest BCUT2D eigenvalue weighted by Crippen LogP contribution is -2.35. The number of ketones is 1. The van der Waals surface area contributed by atoms with Gasteiger partial charge in [0.1, 0.15) is 11.3 Å². The van der Waals surface area contributed by atoms with E-state index in [1.54, 1.807) is 18.2 Å². The Labute approximate surface area is 96.6 Å². The summed E-state index contributed by atoms with van der Waals surface area (Å²) in [5.41, 5.74) is 0.580. The van der Waals surface area contributed by atoms with E-state index in [4.69, 9.17) is 0 Å². The molecule has 2 nitrogen and oxygen atoms in total. The van der Waals surface area contributed by atoms with Gasteiger partial charge in [-0.05, 0) is 11.5 Å². The van der Waals surface area contributed by atoms with Crippen molar-refractivity contribution >= 4 is 23.7 Å². The van der Waals surface area contributed by atoms with E-state index in [0.29, 0.717) is 10.9 Å². The van der Waals surface area contributed by atoms with Crippen LogP contribution in [0.4, 0.5) is 8.63 Å². The number of halogens is 2. The Morgan fingerprint density at radius 3 is 2.71 bits per heavy atom. The maximum absolute atomic E-state index is 13.3. The third kappa shape index (κ3) is 1.58. The summed E-state index contributed by atoms with van der Waals surface area (Å²) < 4.78 is 35.7. The van der Waals surface area contributed by atoms with Crippen molar-refractivity contribution in [2.75, 3.05) is 0 Å². The molecule has 86 valence electrons. The highest BCUT2D eigenvalue weighted by Crippen LogP contribution is 2.35. The first-order valence-electron chi connectivity index (χ1n) is 5.30. The summed E-state index contributed by atoms with van der Waals surface area (Å²) in [6.45, 7) is 1.52. The summed E-state index contributed by atoms with van der Waals surface area (Å²) in [4.78, 5) is 0. The number of fused-ring (bicyclic) bond motifs is 3. The number of carbonyl (C=O) groups excluding carboxylic acids is 1. The van der Waals surface area contributed by atoms with Gasteiger partial charge in [-0.15, -0.1) is 0 Å². The Morgan fingerprint density at radius 1 is 1.12 bits per heavy atom. The summed E-state index contributed by atoms with van der Waals surface area (Å²) in [5, 5.41) is 1.54. The van der Waals surface area contributed by atoms with Gasteiger partial charge in [-0.2, -0.15) is 0 Å². The van der Waals surface area contributed by atoms with Crippen molar-refractivity contribution in [1.82, 2.24) is 0 Å². The molecule has 0 aliphatic carbocycles. The second-order valence-electron chi connectivity index (χ2n) is 3.99. The SMILES string of the molecule is CC1=[O+][B-](F)(F)Oc2c1ccc1ccccc21. The Hall–Kier alpha value is -1.91. The standard InChI is InChI=1S/C12H9BF2O2/c1-8-10-7-6-9-4-2-3-5-11(9)12(10)17-13(14,15)16-8/h2-7H,1H3.